The standard InChI is InChI=1S/C11H14N2OS/c12-6-9-10(7-15-11(9)13)14-8-4-2-1-3-5-8/h7-8H,1-5,13H2. The molecule has 0 bridgehead atoms. The van der Waals surface area contributed by atoms with Crippen molar-refractivity contribution in [1.29, 1.82) is 5.26 Å². The molecule has 0 saturated heterocycles. The molecule has 0 spiro atoms. The van der Waals surface area contributed by atoms with Crippen molar-refractivity contribution >= 4 is 16.3 Å². The molecule has 1 saturated carbocycles. The summed E-state index contributed by atoms with van der Waals surface area (Å²) >= 11 is 1.37. The molecular formula is C11H14N2OS. The largest absolute Gasteiger partial charge is 0.488 e. The Morgan fingerprint density at radius 1 is 1.40 bits per heavy atom. The van der Waals surface area contributed by atoms with Gasteiger partial charge in [0.25, 0.3) is 0 Å². The number of hydrogen-bond acceptors (Lipinski definition) is 4. The molecule has 2 rings (SSSR count). The molecule has 4 heteroatoms. The highest BCUT2D eigenvalue weighted by atomic mass is 32.1. The fraction of sp³-hybridized carbons (Fsp3) is 0.545. The van der Waals surface area contributed by atoms with E-state index in [-0.39, 0.29) is 6.10 Å². The minimum atomic E-state index is 0.278. The topological polar surface area (TPSA) is 59.0 Å². The van der Waals surface area contributed by atoms with Crippen LogP contribution in [-0.2, 0) is 0 Å². The maximum Gasteiger partial charge on any atom is 0.150 e. The lowest BCUT2D eigenvalue weighted by atomic mass is 9.98. The summed E-state index contributed by atoms with van der Waals surface area (Å²) < 4.78 is 5.81. The van der Waals surface area contributed by atoms with Crippen molar-refractivity contribution in [2.75, 3.05) is 5.73 Å². The fourth-order valence-electron chi connectivity index (χ4n) is 1.92. The van der Waals surface area contributed by atoms with Gasteiger partial charge in [-0.1, -0.05) is 6.42 Å². The molecule has 15 heavy (non-hydrogen) atoms. The van der Waals surface area contributed by atoms with Gasteiger partial charge in [0.2, 0.25) is 0 Å². The number of ether oxygens (including phenoxy) is 1. The van der Waals surface area contributed by atoms with Crippen LogP contribution in [0.25, 0.3) is 0 Å². The van der Waals surface area contributed by atoms with Crippen molar-refractivity contribution in [3.63, 3.8) is 0 Å². The average molecular weight is 222 g/mol. The van der Waals surface area contributed by atoms with E-state index in [0.29, 0.717) is 16.3 Å². The van der Waals surface area contributed by atoms with E-state index >= 15 is 0 Å². The Labute approximate surface area is 93.5 Å². The van der Waals surface area contributed by atoms with Crippen LogP contribution in [0.3, 0.4) is 0 Å². The summed E-state index contributed by atoms with van der Waals surface area (Å²) in [5.41, 5.74) is 6.18. The number of hydrogen-bond donors (Lipinski definition) is 1. The molecule has 1 aromatic rings. The van der Waals surface area contributed by atoms with Crippen LogP contribution in [0, 0.1) is 11.3 Å². The predicted octanol–water partition coefficient (Wildman–Crippen LogP) is 2.91. The molecular weight excluding hydrogens is 208 g/mol. The van der Waals surface area contributed by atoms with Crippen LogP contribution in [0.5, 0.6) is 5.75 Å². The molecule has 3 nitrogen and oxygen atoms in total. The Morgan fingerprint density at radius 3 is 2.80 bits per heavy atom. The third kappa shape index (κ3) is 2.24. The first-order chi connectivity index (χ1) is 7.31. The van der Waals surface area contributed by atoms with E-state index < -0.39 is 0 Å². The van der Waals surface area contributed by atoms with Crippen LogP contribution >= 0.6 is 11.3 Å². The van der Waals surface area contributed by atoms with Gasteiger partial charge in [0.05, 0.1) is 6.10 Å². The molecule has 1 aliphatic carbocycles. The van der Waals surface area contributed by atoms with Gasteiger partial charge in [-0.15, -0.1) is 11.3 Å². The number of nitriles is 1. The Hall–Kier alpha value is -1.21. The Kier molecular flexibility index (Phi) is 3.12. The molecule has 1 heterocycles. The number of nitrogens with two attached hydrogens (primary N) is 1. The molecule has 0 atom stereocenters. The van der Waals surface area contributed by atoms with Crippen molar-refractivity contribution < 1.29 is 4.74 Å². The zero-order chi connectivity index (χ0) is 10.7. The number of nitrogens with zero attached hydrogens (tertiary/aromatic N) is 1. The summed E-state index contributed by atoms with van der Waals surface area (Å²) in [6, 6.07) is 2.09. The highest BCUT2D eigenvalue weighted by Crippen LogP contribution is 2.33. The van der Waals surface area contributed by atoms with E-state index in [4.69, 9.17) is 15.7 Å². The van der Waals surface area contributed by atoms with Crippen LogP contribution in [0.1, 0.15) is 37.7 Å². The molecule has 0 aliphatic heterocycles. The van der Waals surface area contributed by atoms with E-state index in [1.54, 1.807) is 0 Å². The Morgan fingerprint density at radius 2 is 2.13 bits per heavy atom. The van der Waals surface area contributed by atoms with Gasteiger partial charge in [-0.3, -0.25) is 0 Å². The zero-order valence-corrected chi connectivity index (χ0v) is 9.35. The van der Waals surface area contributed by atoms with Crippen molar-refractivity contribution in [2.45, 2.75) is 38.2 Å². The minimum absolute atomic E-state index is 0.278. The van der Waals surface area contributed by atoms with Gasteiger partial charge in [0.1, 0.15) is 22.4 Å². The molecule has 80 valence electrons. The van der Waals surface area contributed by atoms with E-state index in [2.05, 4.69) is 6.07 Å². The first-order valence-electron chi connectivity index (χ1n) is 5.25. The molecule has 0 amide bonds. The molecule has 1 aliphatic rings. The molecule has 2 N–H and O–H groups in total. The van der Waals surface area contributed by atoms with Crippen molar-refractivity contribution in [2.24, 2.45) is 0 Å². The van der Waals surface area contributed by atoms with Crippen LogP contribution in [-0.4, -0.2) is 6.10 Å². The van der Waals surface area contributed by atoms with Crippen molar-refractivity contribution in [3.05, 3.63) is 10.9 Å². The Bertz CT molecular complexity index is 374. The minimum Gasteiger partial charge on any atom is -0.488 e. The van der Waals surface area contributed by atoms with Crippen molar-refractivity contribution in [3.8, 4) is 11.8 Å². The molecule has 1 aromatic heterocycles. The normalized spacial score (nSPS) is 17.3. The number of anilines is 1. The van der Waals surface area contributed by atoms with Gasteiger partial charge in [-0.25, -0.2) is 0 Å². The van der Waals surface area contributed by atoms with E-state index in [0.717, 1.165) is 12.8 Å². The highest BCUT2D eigenvalue weighted by Gasteiger charge is 2.18. The fourth-order valence-corrected chi connectivity index (χ4v) is 2.59. The monoisotopic (exact) mass is 222 g/mol. The molecule has 0 aromatic carbocycles. The summed E-state index contributed by atoms with van der Waals surface area (Å²) in [5.74, 6) is 0.673. The maximum absolute atomic E-state index is 8.91. The van der Waals surface area contributed by atoms with Crippen LogP contribution in [0.15, 0.2) is 5.38 Å². The van der Waals surface area contributed by atoms with Gasteiger partial charge in [0, 0.05) is 5.38 Å². The second kappa shape index (κ2) is 4.54. The number of rotatable bonds is 2. The van der Waals surface area contributed by atoms with Gasteiger partial charge in [-0.05, 0) is 25.7 Å². The second-order valence-corrected chi connectivity index (χ2v) is 4.74. The second-order valence-electron chi connectivity index (χ2n) is 3.83. The third-order valence-electron chi connectivity index (χ3n) is 2.74. The third-order valence-corrected chi connectivity index (χ3v) is 3.53. The van der Waals surface area contributed by atoms with E-state index in [1.807, 2.05) is 5.38 Å². The highest BCUT2D eigenvalue weighted by molar-refractivity contribution is 7.14. The van der Waals surface area contributed by atoms with Crippen LogP contribution < -0.4 is 10.5 Å². The van der Waals surface area contributed by atoms with Crippen LogP contribution in [0.2, 0.25) is 0 Å². The summed E-state index contributed by atoms with van der Waals surface area (Å²) in [6.45, 7) is 0. The lowest BCUT2D eigenvalue weighted by Crippen LogP contribution is -2.19. The average Bonchev–Trinajstić information content (AvgIpc) is 2.61. The Balaban J connectivity index is 2.06. The van der Waals surface area contributed by atoms with E-state index in [1.165, 1.54) is 30.6 Å². The van der Waals surface area contributed by atoms with Crippen molar-refractivity contribution in [1.82, 2.24) is 0 Å². The van der Waals surface area contributed by atoms with E-state index in [9.17, 15) is 0 Å². The number of thiophene rings is 1. The van der Waals surface area contributed by atoms with Gasteiger partial charge in [0.15, 0.2) is 0 Å². The molecule has 0 unspecified atom stereocenters. The smallest absolute Gasteiger partial charge is 0.150 e. The first-order valence-corrected chi connectivity index (χ1v) is 6.13. The number of nitrogen functional groups attached to an aromatic ring is 1. The lowest BCUT2D eigenvalue weighted by molar-refractivity contribution is 0.155. The van der Waals surface area contributed by atoms with Gasteiger partial charge >= 0.3 is 0 Å². The summed E-state index contributed by atoms with van der Waals surface area (Å²) in [6.07, 6.45) is 6.23. The SMILES string of the molecule is N#Cc1c(OC2CCCCC2)csc1N. The predicted molar refractivity (Wildman–Crippen MR) is 60.9 cm³/mol. The first kappa shape index (κ1) is 10.3. The lowest BCUT2D eigenvalue weighted by Gasteiger charge is -2.22. The zero-order valence-electron chi connectivity index (χ0n) is 8.53. The van der Waals surface area contributed by atoms with Gasteiger partial charge in [-0.2, -0.15) is 5.26 Å². The summed E-state index contributed by atoms with van der Waals surface area (Å²) in [7, 11) is 0. The van der Waals surface area contributed by atoms with Crippen LogP contribution in [0.4, 0.5) is 5.00 Å². The summed E-state index contributed by atoms with van der Waals surface area (Å²) in [5, 5.41) is 11.3. The molecule has 0 radical (unpaired) electrons. The molecule has 1 fully saturated rings. The maximum atomic E-state index is 8.91. The summed E-state index contributed by atoms with van der Waals surface area (Å²) in [4.78, 5) is 0. The van der Waals surface area contributed by atoms with Gasteiger partial charge < -0.3 is 10.5 Å². The quantitative estimate of drug-likeness (QED) is 0.837.